The average molecular weight is 508 g/mol. The zero-order valence-corrected chi connectivity index (χ0v) is 19.0. The lowest BCUT2D eigenvalue weighted by Gasteiger charge is -2.37. The van der Waals surface area contributed by atoms with Crippen molar-refractivity contribution in [3.63, 3.8) is 0 Å². The van der Waals surface area contributed by atoms with Crippen LogP contribution in [-0.4, -0.2) is 48.0 Å². The van der Waals surface area contributed by atoms with Crippen molar-refractivity contribution in [1.82, 2.24) is 10.2 Å². The number of allylic oxidation sites excluding steroid dienone is 1. The molecular weight excluding hydrogens is 487 g/mol. The van der Waals surface area contributed by atoms with E-state index in [1.165, 1.54) is 6.92 Å². The van der Waals surface area contributed by atoms with Crippen LogP contribution in [0.2, 0.25) is 0 Å². The van der Waals surface area contributed by atoms with Crippen LogP contribution in [0.1, 0.15) is 24.8 Å². The van der Waals surface area contributed by atoms with Gasteiger partial charge in [0.1, 0.15) is 5.75 Å². The number of ketones is 1. The summed E-state index contributed by atoms with van der Waals surface area (Å²) >= 11 is 0. The van der Waals surface area contributed by atoms with Crippen LogP contribution in [0.25, 0.3) is 0 Å². The van der Waals surface area contributed by atoms with Crippen molar-refractivity contribution >= 4 is 11.8 Å². The van der Waals surface area contributed by atoms with Crippen molar-refractivity contribution in [2.24, 2.45) is 0 Å². The van der Waals surface area contributed by atoms with E-state index in [1.54, 1.807) is 17.0 Å². The Kier molecular flexibility index (Phi) is 7.11. The first-order valence-electron chi connectivity index (χ1n) is 11.0. The minimum atomic E-state index is -2.37. The monoisotopic (exact) mass is 508 g/mol. The summed E-state index contributed by atoms with van der Waals surface area (Å²) in [5.74, 6) is -14.8. The van der Waals surface area contributed by atoms with Gasteiger partial charge in [-0.2, -0.15) is 0 Å². The molecule has 2 heterocycles. The van der Waals surface area contributed by atoms with Crippen LogP contribution in [0.15, 0.2) is 52.9 Å². The predicted octanol–water partition coefficient (Wildman–Crippen LogP) is 4.04. The van der Waals surface area contributed by atoms with Crippen molar-refractivity contribution in [2.75, 3.05) is 26.2 Å². The molecule has 1 unspecified atom stereocenters. The summed E-state index contributed by atoms with van der Waals surface area (Å²) < 4.78 is 76.8. The molecule has 0 bridgehead atoms. The number of Topliss-reactive ketones (excluding diaryl/α,β-unsaturated/α-hetero) is 1. The molecule has 0 saturated carbocycles. The van der Waals surface area contributed by atoms with Gasteiger partial charge in [0, 0.05) is 35.6 Å². The average Bonchev–Trinajstić information content (AvgIpc) is 2.84. The van der Waals surface area contributed by atoms with Gasteiger partial charge in [0.05, 0.1) is 24.6 Å². The van der Waals surface area contributed by atoms with Gasteiger partial charge >= 0.3 is 5.97 Å². The Morgan fingerprint density at radius 2 is 1.64 bits per heavy atom. The second-order valence-corrected chi connectivity index (χ2v) is 8.43. The Labute approximate surface area is 202 Å². The maximum Gasteiger partial charge on any atom is 0.334 e. The third-order valence-electron chi connectivity index (χ3n) is 6.09. The van der Waals surface area contributed by atoms with Gasteiger partial charge in [-0.05, 0) is 25.5 Å². The van der Waals surface area contributed by atoms with Crippen molar-refractivity contribution < 1.29 is 41.4 Å². The number of hydrogen-bond donors (Lipinski definition) is 2. The second-order valence-electron chi connectivity index (χ2n) is 8.43. The topological polar surface area (TPSA) is 78.9 Å². The number of nitrogens with zero attached hydrogens (tertiary/aromatic N) is 1. The fourth-order valence-corrected chi connectivity index (χ4v) is 4.52. The Morgan fingerprint density at radius 1 is 1.03 bits per heavy atom. The number of dihydropyridines is 1. The van der Waals surface area contributed by atoms with Crippen LogP contribution < -0.4 is 10.1 Å². The molecule has 2 aliphatic rings. The fraction of sp³-hybridized carbons (Fsp3) is 0.280. The van der Waals surface area contributed by atoms with E-state index in [0.29, 0.717) is 25.3 Å². The van der Waals surface area contributed by atoms with Gasteiger partial charge in [0.15, 0.2) is 29.1 Å². The number of carbonyl (C=O) groups excluding carboxylic acids is 1. The van der Waals surface area contributed by atoms with Crippen molar-refractivity contribution in [1.29, 1.82) is 0 Å². The summed E-state index contributed by atoms with van der Waals surface area (Å²) in [4.78, 5) is 26.8. The molecule has 2 aromatic rings. The van der Waals surface area contributed by atoms with Crippen LogP contribution in [0, 0.1) is 29.1 Å². The number of aliphatic carboxylic acids is 1. The molecule has 0 fully saturated rings. The highest BCUT2D eigenvalue weighted by Crippen LogP contribution is 2.43. The van der Waals surface area contributed by atoms with Gasteiger partial charge in [0.25, 0.3) is 0 Å². The van der Waals surface area contributed by atoms with Crippen LogP contribution in [0.3, 0.4) is 0 Å². The van der Waals surface area contributed by atoms with Gasteiger partial charge in [0.2, 0.25) is 5.82 Å². The van der Waals surface area contributed by atoms with Crippen LogP contribution in [0.4, 0.5) is 22.0 Å². The molecule has 11 heteroatoms. The first-order valence-corrected chi connectivity index (χ1v) is 11.0. The van der Waals surface area contributed by atoms with E-state index >= 15 is 0 Å². The number of carboxylic acid groups (broad SMARTS) is 1. The highest BCUT2D eigenvalue weighted by atomic mass is 19.2. The molecule has 0 radical (unpaired) electrons. The summed E-state index contributed by atoms with van der Waals surface area (Å²) in [5, 5.41) is 12.5. The Morgan fingerprint density at radius 3 is 2.25 bits per heavy atom. The summed E-state index contributed by atoms with van der Waals surface area (Å²) in [6, 6.07) is 9.08. The van der Waals surface area contributed by atoms with E-state index < -0.39 is 57.9 Å². The van der Waals surface area contributed by atoms with E-state index in [4.69, 9.17) is 4.74 Å². The standard InChI is InChI=1S/C25H21F5N2O4/c1-12-16(25(34)35)18(19-20(26)22(28)24(30)23(29)21(19)27)17-14(31-12)10-32(11-15(17)33)8-5-9-36-13-6-3-2-4-7-13/h2-4,6-7,18,31H,5,8-11H2,1H3,(H,34,35). The van der Waals surface area contributed by atoms with E-state index in [0.717, 1.165) is 0 Å². The molecule has 6 nitrogen and oxygen atoms in total. The highest BCUT2D eigenvalue weighted by Gasteiger charge is 2.44. The van der Waals surface area contributed by atoms with Gasteiger partial charge < -0.3 is 15.2 Å². The molecule has 2 aliphatic heterocycles. The number of nitrogens with one attached hydrogen (secondary N) is 1. The third-order valence-corrected chi connectivity index (χ3v) is 6.09. The fourth-order valence-electron chi connectivity index (χ4n) is 4.52. The van der Waals surface area contributed by atoms with Crippen molar-refractivity contribution in [3.05, 3.63) is 87.5 Å². The number of ether oxygens (including phenoxy) is 1. The Balaban J connectivity index is 1.64. The van der Waals surface area contributed by atoms with Gasteiger partial charge in [-0.15, -0.1) is 0 Å². The van der Waals surface area contributed by atoms with E-state index in [-0.39, 0.29) is 30.1 Å². The molecule has 0 spiro atoms. The lowest BCUT2D eigenvalue weighted by molar-refractivity contribution is -0.133. The van der Waals surface area contributed by atoms with Gasteiger partial charge in [-0.25, -0.2) is 26.7 Å². The number of carboxylic acids is 1. The quantitative estimate of drug-likeness (QED) is 0.255. The summed E-state index contributed by atoms with van der Waals surface area (Å²) in [6.45, 7) is 1.89. The highest BCUT2D eigenvalue weighted by molar-refractivity contribution is 6.04. The van der Waals surface area contributed by atoms with Crippen LogP contribution in [0.5, 0.6) is 5.75 Å². The molecule has 2 aromatic carbocycles. The first-order chi connectivity index (χ1) is 17.1. The van der Waals surface area contributed by atoms with E-state index in [1.807, 2.05) is 18.2 Å². The van der Waals surface area contributed by atoms with Crippen molar-refractivity contribution in [3.8, 4) is 5.75 Å². The number of para-hydroxylation sites is 1. The molecule has 0 amide bonds. The second kappa shape index (κ2) is 10.1. The number of halogens is 5. The Hall–Kier alpha value is -3.73. The SMILES string of the molecule is CC1=C(C(=O)O)C(c2c(F)c(F)c(F)c(F)c2F)C2=C(CN(CCCOc3ccccc3)CC2=O)N1. The molecule has 4 rings (SSSR count). The minimum absolute atomic E-state index is 0.0720. The van der Waals surface area contributed by atoms with Crippen molar-refractivity contribution in [2.45, 2.75) is 19.3 Å². The third kappa shape index (κ3) is 4.58. The zero-order chi connectivity index (χ0) is 26.1. The normalized spacial score (nSPS) is 18.3. The first kappa shape index (κ1) is 25.4. The maximum absolute atomic E-state index is 14.7. The number of benzene rings is 2. The molecule has 36 heavy (non-hydrogen) atoms. The summed E-state index contributed by atoms with van der Waals surface area (Å²) in [5.41, 5.74) is -2.30. The largest absolute Gasteiger partial charge is 0.494 e. The molecular formula is C25H21F5N2O4. The number of hydrogen-bond acceptors (Lipinski definition) is 5. The van der Waals surface area contributed by atoms with Crippen LogP contribution >= 0.6 is 0 Å². The van der Waals surface area contributed by atoms with E-state index in [9.17, 15) is 36.6 Å². The number of rotatable bonds is 7. The van der Waals surface area contributed by atoms with E-state index in [2.05, 4.69) is 5.32 Å². The van der Waals surface area contributed by atoms with Gasteiger partial charge in [-0.3, -0.25) is 9.69 Å². The molecule has 2 N–H and O–H groups in total. The molecule has 0 aliphatic carbocycles. The summed E-state index contributed by atoms with van der Waals surface area (Å²) in [7, 11) is 0. The molecule has 0 aromatic heterocycles. The maximum atomic E-state index is 14.7. The van der Waals surface area contributed by atoms with Crippen LogP contribution in [-0.2, 0) is 9.59 Å². The smallest absolute Gasteiger partial charge is 0.334 e. The predicted molar refractivity (Wildman–Crippen MR) is 117 cm³/mol. The summed E-state index contributed by atoms with van der Waals surface area (Å²) in [6.07, 6.45) is 0.529. The molecule has 190 valence electrons. The lowest BCUT2D eigenvalue weighted by Crippen LogP contribution is -2.46. The minimum Gasteiger partial charge on any atom is -0.494 e. The Bertz CT molecular complexity index is 1260. The molecule has 0 saturated heterocycles. The lowest BCUT2D eigenvalue weighted by atomic mass is 9.76. The molecule has 1 atom stereocenters. The number of carbonyl (C=O) groups is 2. The zero-order valence-electron chi connectivity index (χ0n) is 19.0. The van der Waals surface area contributed by atoms with Gasteiger partial charge in [-0.1, -0.05) is 18.2 Å².